The lowest BCUT2D eigenvalue weighted by molar-refractivity contribution is -0.111. The standard InChI is InChI=1S/C26H34BrN5O3/c1-17-14-22(34)24-23(17)26(29-16-28-24)32-10-8-31(9-11-32)25(30-20-6-12-35-13-7-20)21(15-33)18-2-4-19(27)5-3-18/h2-5,15-17,20-22,25,30,34H,6-14H2,1H3/t17-,21?,22-,25?/m1/s1. The van der Waals surface area contributed by atoms with Gasteiger partial charge >= 0.3 is 0 Å². The molecule has 3 heterocycles. The number of ether oxygens (including phenoxy) is 1. The number of aliphatic hydroxyl groups excluding tert-OH is 1. The average molecular weight is 544 g/mol. The van der Waals surface area contributed by atoms with Gasteiger partial charge in [-0.1, -0.05) is 35.0 Å². The Morgan fingerprint density at radius 2 is 1.86 bits per heavy atom. The van der Waals surface area contributed by atoms with Crippen LogP contribution in [0.4, 0.5) is 5.82 Å². The van der Waals surface area contributed by atoms with Crippen molar-refractivity contribution < 1.29 is 14.6 Å². The Bertz CT molecular complexity index is 1010. The van der Waals surface area contributed by atoms with E-state index in [1.807, 2.05) is 24.3 Å². The maximum Gasteiger partial charge on any atom is 0.135 e. The van der Waals surface area contributed by atoms with Crippen molar-refractivity contribution in [3.8, 4) is 0 Å². The summed E-state index contributed by atoms with van der Waals surface area (Å²) < 4.78 is 6.57. The highest BCUT2D eigenvalue weighted by atomic mass is 79.9. The fourth-order valence-corrected chi connectivity index (χ4v) is 5.99. The van der Waals surface area contributed by atoms with Crippen molar-refractivity contribution >= 4 is 28.0 Å². The molecular weight excluding hydrogens is 510 g/mol. The van der Waals surface area contributed by atoms with Crippen LogP contribution in [0.5, 0.6) is 0 Å². The molecular formula is C26H34BrN5O3. The maximum absolute atomic E-state index is 12.4. The summed E-state index contributed by atoms with van der Waals surface area (Å²) in [6, 6.07) is 8.41. The van der Waals surface area contributed by atoms with Crippen LogP contribution in [0.3, 0.4) is 0 Å². The third-order valence-electron chi connectivity index (χ3n) is 7.66. The number of rotatable bonds is 7. The number of piperazine rings is 1. The Labute approximate surface area is 215 Å². The van der Waals surface area contributed by atoms with Gasteiger partial charge in [0.15, 0.2) is 0 Å². The highest BCUT2D eigenvalue weighted by molar-refractivity contribution is 9.10. The molecule has 188 valence electrons. The minimum atomic E-state index is -0.504. The zero-order valence-corrected chi connectivity index (χ0v) is 21.7. The molecule has 2 aromatic rings. The molecule has 5 rings (SSSR count). The second-order valence-electron chi connectivity index (χ2n) is 9.88. The number of aldehydes is 1. The molecule has 1 aromatic heterocycles. The van der Waals surface area contributed by atoms with Crippen LogP contribution >= 0.6 is 15.9 Å². The number of anilines is 1. The minimum absolute atomic E-state index is 0.0872. The predicted molar refractivity (Wildman–Crippen MR) is 138 cm³/mol. The van der Waals surface area contributed by atoms with Crippen LogP contribution in [-0.2, 0) is 9.53 Å². The first-order valence-corrected chi connectivity index (χ1v) is 13.4. The average Bonchev–Trinajstić information content (AvgIpc) is 3.19. The molecule has 1 aromatic carbocycles. The first-order chi connectivity index (χ1) is 17.0. The fraction of sp³-hybridized carbons (Fsp3) is 0.577. The van der Waals surface area contributed by atoms with Gasteiger partial charge in [0, 0.05) is 55.5 Å². The lowest BCUT2D eigenvalue weighted by Gasteiger charge is -2.44. The molecule has 2 unspecified atom stereocenters. The second kappa shape index (κ2) is 11.0. The van der Waals surface area contributed by atoms with E-state index in [2.05, 4.69) is 47.9 Å². The van der Waals surface area contributed by atoms with Gasteiger partial charge in [-0.2, -0.15) is 0 Å². The monoisotopic (exact) mass is 543 g/mol. The van der Waals surface area contributed by atoms with E-state index in [9.17, 15) is 9.90 Å². The van der Waals surface area contributed by atoms with Crippen molar-refractivity contribution in [1.29, 1.82) is 0 Å². The van der Waals surface area contributed by atoms with Crippen LogP contribution in [0.25, 0.3) is 0 Å². The highest BCUT2D eigenvalue weighted by Crippen LogP contribution is 2.42. The van der Waals surface area contributed by atoms with Gasteiger partial charge in [0.25, 0.3) is 0 Å². The van der Waals surface area contributed by atoms with E-state index in [0.29, 0.717) is 12.5 Å². The minimum Gasteiger partial charge on any atom is -0.387 e. The van der Waals surface area contributed by atoms with Crippen LogP contribution in [0.1, 0.15) is 60.9 Å². The van der Waals surface area contributed by atoms with Crippen LogP contribution in [0.2, 0.25) is 0 Å². The van der Waals surface area contributed by atoms with Crippen molar-refractivity contribution in [1.82, 2.24) is 20.2 Å². The molecule has 0 amide bonds. The van der Waals surface area contributed by atoms with Crippen LogP contribution in [-0.4, -0.2) is 77.9 Å². The van der Waals surface area contributed by atoms with E-state index in [1.54, 1.807) is 6.33 Å². The molecule has 0 saturated carbocycles. The molecule has 8 nitrogen and oxygen atoms in total. The highest BCUT2D eigenvalue weighted by Gasteiger charge is 2.36. The fourth-order valence-electron chi connectivity index (χ4n) is 5.73. The molecule has 0 bridgehead atoms. The number of halogens is 1. The number of benzene rings is 1. The smallest absolute Gasteiger partial charge is 0.135 e. The normalized spacial score (nSPS) is 25.3. The van der Waals surface area contributed by atoms with Crippen molar-refractivity contribution in [2.24, 2.45) is 0 Å². The van der Waals surface area contributed by atoms with Gasteiger partial charge in [-0.3, -0.25) is 10.2 Å². The van der Waals surface area contributed by atoms with E-state index < -0.39 is 6.10 Å². The van der Waals surface area contributed by atoms with Crippen molar-refractivity contribution in [2.45, 2.75) is 56.3 Å². The number of carbonyl (C=O) groups excluding carboxylic acids is 1. The Morgan fingerprint density at radius 3 is 2.54 bits per heavy atom. The number of hydrogen-bond donors (Lipinski definition) is 2. The first-order valence-electron chi connectivity index (χ1n) is 12.6. The quantitative estimate of drug-likeness (QED) is 0.515. The zero-order chi connectivity index (χ0) is 24.4. The van der Waals surface area contributed by atoms with E-state index in [0.717, 1.165) is 85.6 Å². The Balaban J connectivity index is 1.35. The molecule has 9 heteroatoms. The van der Waals surface area contributed by atoms with Crippen molar-refractivity contribution in [3.63, 3.8) is 0 Å². The summed E-state index contributed by atoms with van der Waals surface area (Å²) >= 11 is 3.51. The zero-order valence-electron chi connectivity index (χ0n) is 20.1. The number of aromatic nitrogens is 2. The SMILES string of the molecule is C[C@@H]1C[C@@H](O)c2ncnc(N3CCN(C(NC4CCOCC4)C(C=O)c4ccc(Br)cc4)CC3)c21. The largest absolute Gasteiger partial charge is 0.387 e. The number of fused-ring (bicyclic) bond motifs is 1. The maximum atomic E-state index is 12.4. The van der Waals surface area contributed by atoms with Crippen LogP contribution < -0.4 is 10.2 Å². The molecule has 2 fully saturated rings. The number of nitrogens with one attached hydrogen (secondary N) is 1. The van der Waals surface area contributed by atoms with Gasteiger partial charge in [-0.05, 0) is 42.9 Å². The summed E-state index contributed by atoms with van der Waals surface area (Å²) in [4.78, 5) is 26.2. The summed E-state index contributed by atoms with van der Waals surface area (Å²) in [5.74, 6) is 0.928. The molecule has 4 atom stereocenters. The number of carbonyl (C=O) groups is 1. The summed E-state index contributed by atoms with van der Waals surface area (Å²) in [6.07, 6.45) is 4.68. The van der Waals surface area contributed by atoms with Gasteiger partial charge in [-0.25, -0.2) is 9.97 Å². The molecule has 3 aliphatic rings. The lowest BCUT2D eigenvalue weighted by atomic mass is 9.94. The van der Waals surface area contributed by atoms with Crippen molar-refractivity contribution in [2.75, 3.05) is 44.3 Å². The topological polar surface area (TPSA) is 90.8 Å². The summed E-state index contributed by atoms with van der Waals surface area (Å²) in [5.41, 5.74) is 2.89. The molecule has 2 saturated heterocycles. The predicted octanol–water partition coefficient (Wildman–Crippen LogP) is 2.98. The lowest BCUT2D eigenvalue weighted by Crippen LogP contribution is -2.59. The molecule has 2 N–H and O–H groups in total. The molecule has 0 spiro atoms. The van der Waals surface area contributed by atoms with Gasteiger partial charge < -0.3 is 19.5 Å². The number of aliphatic hydroxyl groups is 1. The number of hydrogen-bond acceptors (Lipinski definition) is 8. The summed E-state index contributed by atoms with van der Waals surface area (Å²) in [5, 5.41) is 14.2. The van der Waals surface area contributed by atoms with Crippen LogP contribution in [0, 0.1) is 0 Å². The van der Waals surface area contributed by atoms with E-state index in [4.69, 9.17) is 4.74 Å². The summed E-state index contributed by atoms with van der Waals surface area (Å²) in [7, 11) is 0. The molecule has 0 radical (unpaired) electrons. The van der Waals surface area contributed by atoms with Gasteiger partial charge in [-0.15, -0.1) is 0 Å². The van der Waals surface area contributed by atoms with E-state index >= 15 is 0 Å². The van der Waals surface area contributed by atoms with E-state index in [-0.39, 0.29) is 18.0 Å². The van der Waals surface area contributed by atoms with Gasteiger partial charge in [0.1, 0.15) is 18.4 Å². The van der Waals surface area contributed by atoms with Crippen LogP contribution in [0.15, 0.2) is 35.1 Å². The van der Waals surface area contributed by atoms with E-state index in [1.165, 1.54) is 0 Å². The molecule has 2 aliphatic heterocycles. The van der Waals surface area contributed by atoms with Gasteiger partial charge in [0.2, 0.25) is 0 Å². The Morgan fingerprint density at radius 1 is 1.14 bits per heavy atom. The Hall–Kier alpha value is -1.91. The van der Waals surface area contributed by atoms with Crippen molar-refractivity contribution in [3.05, 3.63) is 51.9 Å². The Kier molecular flexibility index (Phi) is 7.79. The molecule has 35 heavy (non-hydrogen) atoms. The number of nitrogens with zero attached hydrogens (tertiary/aromatic N) is 4. The second-order valence-corrected chi connectivity index (χ2v) is 10.8. The molecule has 1 aliphatic carbocycles. The van der Waals surface area contributed by atoms with Gasteiger partial charge in [0.05, 0.1) is 23.9 Å². The third-order valence-corrected chi connectivity index (χ3v) is 8.18. The summed E-state index contributed by atoms with van der Waals surface area (Å²) in [6.45, 7) is 6.90. The first kappa shape index (κ1) is 24.8. The third kappa shape index (κ3) is 5.29.